The number of nitrogens with two attached hydrogens (primary N) is 1. The molecule has 4 nitrogen and oxygen atoms in total. The van der Waals surface area contributed by atoms with Gasteiger partial charge < -0.3 is 10.5 Å². The number of halogens is 2. The van der Waals surface area contributed by atoms with Crippen LogP contribution in [0.2, 0.25) is 0 Å². The Morgan fingerprint density at radius 3 is 2.95 bits per heavy atom. The first-order chi connectivity index (χ1) is 9.15. The third kappa shape index (κ3) is 2.33. The van der Waals surface area contributed by atoms with Gasteiger partial charge in [-0.1, -0.05) is 0 Å². The van der Waals surface area contributed by atoms with Gasteiger partial charge in [-0.05, 0) is 34.1 Å². The zero-order valence-electron chi connectivity index (χ0n) is 9.99. The minimum Gasteiger partial charge on any atom is -0.383 e. The van der Waals surface area contributed by atoms with Crippen molar-refractivity contribution in [3.8, 4) is 11.4 Å². The van der Waals surface area contributed by atoms with Crippen molar-refractivity contribution < 1.29 is 9.13 Å². The van der Waals surface area contributed by atoms with Crippen LogP contribution in [0.15, 0.2) is 22.7 Å². The Balaban J connectivity index is 2.10. The van der Waals surface area contributed by atoms with E-state index in [2.05, 4.69) is 25.9 Å². The second-order valence-corrected chi connectivity index (χ2v) is 5.14. The number of anilines is 1. The third-order valence-corrected chi connectivity index (χ3v) is 3.64. The monoisotopic (exact) mass is 323 g/mol. The van der Waals surface area contributed by atoms with Crippen LogP contribution in [0.5, 0.6) is 0 Å². The second kappa shape index (κ2) is 4.86. The Kier molecular flexibility index (Phi) is 3.20. The Hall–Kier alpha value is -1.53. The van der Waals surface area contributed by atoms with Gasteiger partial charge in [0.2, 0.25) is 0 Å². The molecule has 0 atom stereocenters. The Morgan fingerprint density at radius 2 is 2.16 bits per heavy atom. The molecule has 0 bridgehead atoms. The van der Waals surface area contributed by atoms with Crippen molar-refractivity contribution in [1.82, 2.24) is 9.97 Å². The first-order valence-corrected chi connectivity index (χ1v) is 6.63. The quantitative estimate of drug-likeness (QED) is 0.876. The topological polar surface area (TPSA) is 61.0 Å². The molecule has 1 aliphatic rings. The summed E-state index contributed by atoms with van der Waals surface area (Å²) in [6.45, 7) is 1.09. The molecule has 6 heteroatoms. The number of hydrogen-bond donors (Lipinski definition) is 1. The number of aromatic nitrogens is 2. The highest BCUT2D eigenvalue weighted by molar-refractivity contribution is 9.10. The fraction of sp³-hybridized carbons (Fsp3) is 0.231. The third-order valence-electron chi connectivity index (χ3n) is 3.03. The summed E-state index contributed by atoms with van der Waals surface area (Å²) in [6, 6.07) is 4.66. The van der Waals surface area contributed by atoms with Gasteiger partial charge in [-0.15, -0.1) is 0 Å². The minimum atomic E-state index is -0.317. The molecule has 0 amide bonds. The lowest BCUT2D eigenvalue weighted by atomic mass is 10.1. The molecule has 2 N–H and O–H groups in total. The highest BCUT2D eigenvalue weighted by Crippen LogP contribution is 2.27. The summed E-state index contributed by atoms with van der Waals surface area (Å²) < 4.78 is 19.0. The largest absolute Gasteiger partial charge is 0.383 e. The van der Waals surface area contributed by atoms with Gasteiger partial charge in [-0.2, -0.15) is 0 Å². The fourth-order valence-electron chi connectivity index (χ4n) is 2.02. The molecule has 0 unspecified atom stereocenters. The number of fused-ring (bicyclic) bond motifs is 1. The van der Waals surface area contributed by atoms with Gasteiger partial charge in [-0.3, -0.25) is 0 Å². The number of nitrogen functional groups attached to an aromatic ring is 1. The van der Waals surface area contributed by atoms with Gasteiger partial charge in [0.05, 0.1) is 23.4 Å². The highest BCUT2D eigenvalue weighted by Gasteiger charge is 2.17. The van der Waals surface area contributed by atoms with Crippen LogP contribution in [-0.2, 0) is 17.8 Å². The summed E-state index contributed by atoms with van der Waals surface area (Å²) in [5, 5.41) is 0. The van der Waals surface area contributed by atoms with Crippen molar-refractivity contribution in [2.24, 2.45) is 0 Å². The van der Waals surface area contributed by atoms with E-state index in [1.807, 2.05) is 0 Å². The molecule has 2 heterocycles. The average molecular weight is 324 g/mol. The molecule has 0 saturated heterocycles. The molecule has 1 aromatic carbocycles. The van der Waals surface area contributed by atoms with Crippen LogP contribution in [-0.4, -0.2) is 16.6 Å². The summed E-state index contributed by atoms with van der Waals surface area (Å²) in [4.78, 5) is 8.77. The summed E-state index contributed by atoms with van der Waals surface area (Å²) >= 11 is 3.15. The normalized spacial score (nSPS) is 14.2. The average Bonchev–Trinajstić information content (AvgIpc) is 2.42. The van der Waals surface area contributed by atoms with Crippen LogP contribution in [0.3, 0.4) is 0 Å². The Bertz CT molecular complexity index is 648. The molecule has 19 heavy (non-hydrogen) atoms. The molecule has 0 aliphatic carbocycles. The van der Waals surface area contributed by atoms with Crippen molar-refractivity contribution in [3.63, 3.8) is 0 Å². The molecule has 0 spiro atoms. The van der Waals surface area contributed by atoms with Crippen molar-refractivity contribution in [3.05, 3.63) is 39.7 Å². The van der Waals surface area contributed by atoms with Gasteiger partial charge in [0.15, 0.2) is 5.82 Å². The van der Waals surface area contributed by atoms with Crippen molar-refractivity contribution in [2.45, 2.75) is 13.0 Å². The lowest BCUT2D eigenvalue weighted by Crippen LogP contribution is -2.16. The maximum Gasteiger partial charge on any atom is 0.161 e. The van der Waals surface area contributed by atoms with E-state index >= 15 is 0 Å². The smallest absolute Gasteiger partial charge is 0.161 e. The van der Waals surface area contributed by atoms with Gasteiger partial charge in [-0.25, -0.2) is 14.4 Å². The van der Waals surface area contributed by atoms with Crippen LogP contribution in [0.25, 0.3) is 11.4 Å². The Morgan fingerprint density at radius 1 is 1.32 bits per heavy atom. The van der Waals surface area contributed by atoms with Crippen LogP contribution in [0, 0.1) is 5.82 Å². The van der Waals surface area contributed by atoms with E-state index in [1.54, 1.807) is 12.1 Å². The van der Waals surface area contributed by atoms with E-state index in [0.29, 0.717) is 29.3 Å². The number of nitrogens with zero attached hydrogens (tertiary/aromatic N) is 2. The van der Waals surface area contributed by atoms with Crippen molar-refractivity contribution in [2.75, 3.05) is 12.3 Å². The predicted octanol–water partition coefficient (Wildman–Crippen LogP) is 2.70. The highest BCUT2D eigenvalue weighted by atomic mass is 79.9. The van der Waals surface area contributed by atoms with Crippen LogP contribution in [0.1, 0.15) is 11.3 Å². The zero-order chi connectivity index (χ0) is 13.4. The number of benzene rings is 1. The minimum absolute atomic E-state index is 0.317. The number of hydrogen-bond acceptors (Lipinski definition) is 4. The summed E-state index contributed by atoms with van der Waals surface area (Å²) in [5.41, 5.74) is 8.43. The van der Waals surface area contributed by atoms with E-state index in [0.717, 1.165) is 23.2 Å². The van der Waals surface area contributed by atoms with E-state index in [4.69, 9.17) is 10.5 Å². The van der Waals surface area contributed by atoms with E-state index < -0.39 is 0 Å². The maximum absolute atomic E-state index is 13.2. The first kappa shape index (κ1) is 12.5. The number of ether oxygens (including phenoxy) is 1. The first-order valence-electron chi connectivity index (χ1n) is 5.83. The molecule has 0 fully saturated rings. The SMILES string of the molecule is Nc1nc(-c2ccc(F)c(Br)c2)nc2c1COCC2. The van der Waals surface area contributed by atoms with E-state index in [-0.39, 0.29) is 5.82 Å². The lowest BCUT2D eigenvalue weighted by molar-refractivity contribution is 0.109. The maximum atomic E-state index is 13.2. The Labute approximate surface area is 118 Å². The molecular formula is C13H11BrFN3O. The van der Waals surface area contributed by atoms with Gasteiger partial charge >= 0.3 is 0 Å². The summed E-state index contributed by atoms with van der Waals surface area (Å²) in [5.74, 6) is 0.627. The lowest BCUT2D eigenvalue weighted by Gasteiger charge is -2.17. The molecule has 0 radical (unpaired) electrons. The molecule has 1 aliphatic heterocycles. The molecule has 98 valence electrons. The fourth-order valence-corrected chi connectivity index (χ4v) is 2.40. The predicted molar refractivity (Wildman–Crippen MR) is 72.9 cm³/mol. The van der Waals surface area contributed by atoms with Crippen LogP contribution in [0.4, 0.5) is 10.2 Å². The van der Waals surface area contributed by atoms with E-state index in [9.17, 15) is 4.39 Å². The van der Waals surface area contributed by atoms with Crippen molar-refractivity contribution >= 4 is 21.7 Å². The second-order valence-electron chi connectivity index (χ2n) is 4.29. The molecular weight excluding hydrogens is 313 g/mol. The summed E-state index contributed by atoms with van der Waals surface area (Å²) in [6.07, 6.45) is 0.720. The van der Waals surface area contributed by atoms with E-state index in [1.165, 1.54) is 6.07 Å². The standard InChI is InChI=1S/C13H11BrFN3O/c14-9-5-7(1-2-10(9)15)13-17-11-3-4-19-6-8(11)12(16)18-13/h1-2,5H,3-4,6H2,(H2,16,17,18). The van der Waals surface area contributed by atoms with Crippen molar-refractivity contribution in [1.29, 1.82) is 0 Å². The molecule has 1 aromatic heterocycles. The summed E-state index contributed by atoms with van der Waals surface area (Å²) in [7, 11) is 0. The number of rotatable bonds is 1. The van der Waals surface area contributed by atoms with Crippen LogP contribution >= 0.6 is 15.9 Å². The zero-order valence-corrected chi connectivity index (χ0v) is 11.6. The van der Waals surface area contributed by atoms with Crippen LogP contribution < -0.4 is 5.73 Å². The molecule has 3 rings (SSSR count). The van der Waals surface area contributed by atoms with Gasteiger partial charge in [0.25, 0.3) is 0 Å². The van der Waals surface area contributed by atoms with Gasteiger partial charge in [0, 0.05) is 17.5 Å². The van der Waals surface area contributed by atoms with Gasteiger partial charge in [0.1, 0.15) is 11.6 Å². The molecule has 0 saturated carbocycles. The molecule has 2 aromatic rings.